The Morgan fingerprint density at radius 2 is 1.89 bits per heavy atom. The lowest BCUT2D eigenvalue weighted by molar-refractivity contribution is 0.0912. The number of aromatic amines is 2. The van der Waals surface area contributed by atoms with Gasteiger partial charge in [-0.05, 0) is 75.2 Å². The minimum absolute atomic E-state index is 0.0776. The van der Waals surface area contributed by atoms with Crippen LogP contribution in [0.3, 0.4) is 0 Å². The van der Waals surface area contributed by atoms with E-state index in [1.165, 1.54) is 0 Å². The minimum atomic E-state index is -0.516. The van der Waals surface area contributed by atoms with Gasteiger partial charge in [-0.2, -0.15) is 0 Å². The van der Waals surface area contributed by atoms with Crippen molar-refractivity contribution in [3.05, 3.63) is 87.6 Å². The van der Waals surface area contributed by atoms with Crippen LogP contribution in [0, 0.1) is 12.8 Å². The summed E-state index contributed by atoms with van der Waals surface area (Å²) < 4.78 is 6.01. The van der Waals surface area contributed by atoms with E-state index in [0.29, 0.717) is 23.6 Å². The van der Waals surface area contributed by atoms with Crippen molar-refractivity contribution < 1.29 is 14.6 Å². The summed E-state index contributed by atoms with van der Waals surface area (Å²) in [5.41, 5.74) is 3.17. The van der Waals surface area contributed by atoms with Gasteiger partial charge in [0.2, 0.25) is 5.88 Å². The van der Waals surface area contributed by atoms with E-state index < -0.39 is 11.7 Å². The zero-order valence-corrected chi connectivity index (χ0v) is 20.0. The summed E-state index contributed by atoms with van der Waals surface area (Å²) in [5, 5.41) is 17.6. The van der Waals surface area contributed by atoms with Crippen LogP contribution in [0.1, 0.15) is 46.2 Å². The number of ether oxygens (including phenoxy) is 1. The highest BCUT2D eigenvalue weighted by atomic mass is 16.5. The van der Waals surface area contributed by atoms with Gasteiger partial charge in [0.15, 0.2) is 0 Å². The molecule has 1 unspecified atom stereocenters. The van der Waals surface area contributed by atoms with E-state index in [-0.39, 0.29) is 17.7 Å². The summed E-state index contributed by atoms with van der Waals surface area (Å²) in [5.74, 6) is 0.190. The number of piperidine rings is 1. The second-order valence-electron chi connectivity index (χ2n) is 9.13. The van der Waals surface area contributed by atoms with Crippen LogP contribution < -0.4 is 21.1 Å². The predicted octanol–water partition coefficient (Wildman–Crippen LogP) is 3.31. The normalized spacial score (nSPS) is 15.0. The average molecular weight is 488 g/mol. The molecule has 9 nitrogen and oxygen atoms in total. The number of carbonyl (C=O) groups is 1. The number of amides is 1. The van der Waals surface area contributed by atoms with Crippen LogP contribution in [0.25, 0.3) is 10.9 Å². The Morgan fingerprint density at radius 3 is 2.61 bits per heavy atom. The van der Waals surface area contributed by atoms with Gasteiger partial charge < -0.3 is 25.5 Å². The van der Waals surface area contributed by atoms with Gasteiger partial charge in [0.05, 0.1) is 11.6 Å². The topological polar surface area (TPSA) is 132 Å². The van der Waals surface area contributed by atoms with Gasteiger partial charge in [-0.25, -0.2) is 4.79 Å². The smallest absolute Gasteiger partial charge is 0.326 e. The van der Waals surface area contributed by atoms with Crippen LogP contribution >= 0.6 is 0 Å². The van der Waals surface area contributed by atoms with Gasteiger partial charge in [-0.1, -0.05) is 18.2 Å². The van der Waals surface area contributed by atoms with Crippen LogP contribution in [-0.4, -0.2) is 39.1 Å². The highest BCUT2D eigenvalue weighted by molar-refractivity contribution is 5.94. The minimum Gasteiger partial charge on any atom is -0.493 e. The molecule has 1 saturated heterocycles. The zero-order valence-electron chi connectivity index (χ0n) is 20.0. The molecule has 0 saturated carbocycles. The largest absolute Gasteiger partial charge is 0.493 e. The highest BCUT2D eigenvalue weighted by Crippen LogP contribution is 2.31. The summed E-state index contributed by atoms with van der Waals surface area (Å²) >= 11 is 0. The van der Waals surface area contributed by atoms with E-state index in [1.54, 1.807) is 24.3 Å². The molecule has 0 bridgehead atoms. The number of nitrogens with one attached hydrogen (secondary N) is 4. The molecular formula is C27H29N5O4. The SMILES string of the molecule is Cc1cc(COc2ccc(C(=O)NC(c3[nH]c(=O)[nH]c3O)C3CCNCC3)cc2)c2ccccc2n1. The maximum absolute atomic E-state index is 13.1. The molecular weight excluding hydrogens is 458 g/mol. The number of benzene rings is 2. The van der Waals surface area contributed by atoms with E-state index in [4.69, 9.17) is 4.74 Å². The third-order valence-electron chi connectivity index (χ3n) is 6.63. The molecule has 0 spiro atoms. The number of aromatic hydroxyl groups is 1. The molecule has 5 N–H and O–H groups in total. The predicted molar refractivity (Wildman–Crippen MR) is 136 cm³/mol. The van der Waals surface area contributed by atoms with Crippen molar-refractivity contribution in [1.82, 2.24) is 25.6 Å². The first-order valence-corrected chi connectivity index (χ1v) is 12.1. The number of carbonyl (C=O) groups excluding carboxylic acids is 1. The zero-order chi connectivity index (χ0) is 25.1. The van der Waals surface area contributed by atoms with Crippen LogP contribution in [-0.2, 0) is 6.61 Å². The number of nitrogens with zero attached hydrogens (tertiary/aromatic N) is 1. The molecule has 0 radical (unpaired) electrons. The van der Waals surface area contributed by atoms with Crippen molar-refractivity contribution in [2.24, 2.45) is 5.92 Å². The molecule has 36 heavy (non-hydrogen) atoms. The molecule has 2 aromatic carbocycles. The maximum atomic E-state index is 13.1. The van der Waals surface area contributed by atoms with Gasteiger partial charge in [0, 0.05) is 22.2 Å². The number of rotatable bonds is 7. The van der Waals surface area contributed by atoms with Crippen molar-refractivity contribution in [1.29, 1.82) is 0 Å². The van der Waals surface area contributed by atoms with Crippen LogP contribution in [0.15, 0.2) is 59.4 Å². The Hall–Kier alpha value is -4.11. The number of hydrogen-bond donors (Lipinski definition) is 5. The molecule has 3 heterocycles. The molecule has 2 aromatic heterocycles. The van der Waals surface area contributed by atoms with Gasteiger partial charge in [0.25, 0.3) is 5.91 Å². The third kappa shape index (κ3) is 5.11. The van der Waals surface area contributed by atoms with Crippen molar-refractivity contribution in [3.63, 3.8) is 0 Å². The second kappa shape index (κ2) is 10.2. The number of hydrogen-bond acceptors (Lipinski definition) is 6. The van der Waals surface area contributed by atoms with E-state index in [1.807, 2.05) is 37.3 Å². The molecule has 1 aliphatic heterocycles. The van der Waals surface area contributed by atoms with Gasteiger partial charge in [-0.3, -0.25) is 14.8 Å². The molecule has 1 amide bonds. The number of pyridine rings is 1. The molecule has 1 atom stereocenters. The fourth-order valence-corrected chi connectivity index (χ4v) is 4.82. The van der Waals surface area contributed by atoms with Crippen LogP contribution in [0.2, 0.25) is 0 Å². The van der Waals surface area contributed by atoms with Crippen molar-refractivity contribution in [2.75, 3.05) is 13.1 Å². The number of fused-ring (bicyclic) bond motifs is 1. The van der Waals surface area contributed by atoms with Gasteiger partial charge in [0.1, 0.15) is 18.1 Å². The monoisotopic (exact) mass is 487 g/mol. The van der Waals surface area contributed by atoms with Crippen molar-refractivity contribution in [3.8, 4) is 11.6 Å². The molecule has 1 fully saturated rings. The van der Waals surface area contributed by atoms with Gasteiger partial charge >= 0.3 is 5.69 Å². The lowest BCUT2D eigenvalue weighted by Crippen LogP contribution is -2.39. The standard InChI is InChI=1S/C27H29N5O4/c1-16-14-19(21-4-2-3-5-22(21)29-16)15-36-20-8-6-18(7-9-20)25(33)30-23(17-10-12-28-13-11-17)24-26(34)32-27(35)31-24/h2-9,14,17,23,28,34H,10-13,15H2,1H3,(H,30,33)(H2,31,32,35). The van der Waals surface area contributed by atoms with E-state index in [9.17, 15) is 14.7 Å². The third-order valence-corrected chi connectivity index (χ3v) is 6.63. The lowest BCUT2D eigenvalue weighted by Gasteiger charge is -2.30. The quantitative estimate of drug-likeness (QED) is 0.272. The van der Waals surface area contributed by atoms with Crippen LogP contribution in [0.4, 0.5) is 0 Å². The maximum Gasteiger partial charge on any atom is 0.326 e. The number of aromatic nitrogens is 3. The van der Waals surface area contributed by atoms with Gasteiger partial charge in [-0.15, -0.1) is 0 Å². The van der Waals surface area contributed by atoms with E-state index >= 15 is 0 Å². The Balaban J connectivity index is 1.29. The summed E-state index contributed by atoms with van der Waals surface area (Å²) in [4.78, 5) is 34.4. The second-order valence-corrected chi connectivity index (χ2v) is 9.13. The number of para-hydroxylation sites is 1. The van der Waals surface area contributed by atoms with Crippen molar-refractivity contribution >= 4 is 16.8 Å². The summed E-state index contributed by atoms with van der Waals surface area (Å²) in [6.07, 6.45) is 1.63. The van der Waals surface area contributed by atoms with E-state index in [2.05, 4.69) is 25.6 Å². The first-order valence-electron chi connectivity index (χ1n) is 12.1. The molecule has 0 aliphatic carbocycles. The number of imidazole rings is 1. The fraction of sp³-hybridized carbons (Fsp3) is 0.296. The summed E-state index contributed by atoms with van der Waals surface area (Å²) in [6.45, 7) is 3.96. The molecule has 1 aliphatic rings. The summed E-state index contributed by atoms with van der Waals surface area (Å²) in [6, 6.07) is 16.4. The molecule has 9 heteroatoms. The highest BCUT2D eigenvalue weighted by Gasteiger charge is 2.30. The van der Waals surface area contributed by atoms with Crippen molar-refractivity contribution in [2.45, 2.75) is 32.4 Å². The average Bonchev–Trinajstić information content (AvgIpc) is 3.23. The molecule has 186 valence electrons. The van der Waals surface area contributed by atoms with Crippen LogP contribution in [0.5, 0.6) is 11.6 Å². The Labute approximate surface area is 207 Å². The number of H-pyrrole nitrogens is 2. The molecule has 5 rings (SSSR count). The Morgan fingerprint density at radius 1 is 1.14 bits per heavy atom. The van der Waals surface area contributed by atoms with E-state index in [0.717, 1.165) is 48.1 Å². The Kier molecular flexibility index (Phi) is 6.73. The molecule has 4 aromatic rings. The lowest BCUT2D eigenvalue weighted by atomic mass is 9.88. The first kappa shape index (κ1) is 23.6. The fourth-order valence-electron chi connectivity index (χ4n) is 4.82. The number of aryl methyl sites for hydroxylation is 1. The summed E-state index contributed by atoms with van der Waals surface area (Å²) in [7, 11) is 0. The first-order chi connectivity index (χ1) is 17.5. The Bertz CT molecular complexity index is 1420.